The van der Waals surface area contributed by atoms with Crippen LogP contribution in [0.15, 0.2) is 47.4 Å². The molecule has 2 aromatic carbocycles. The maximum absolute atomic E-state index is 12.5. The number of rotatable bonds is 6. The van der Waals surface area contributed by atoms with E-state index in [1.54, 1.807) is 37.3 Å². The number of ketones is 1. The molecule has 5 nitrogen and oxygen atoms in total. The van der Waals surface area contributed by atoms with Gasteiger partial charge in [0.05, 0.1) is 17.2 Å². The molecular weight excluding hydrogens is 465 g/mol. The summed E-state index contributed by atoms with van der Waals surface area (Å²) in [5.74, 6) is -1.26. The number of halogens is 1. The summed E-state index contributed by atoms with van der Waals surface area (Å²) in [6.07, 6.45) is -0.103. The average molecular weight is 483 g/mol. The van der Waals surface area contributed by atoms with Crippen LogP contribution in [0.4, 0.5) is 5.69 Å². The number of carbonyl (C=O) groups excluding carboxylic acids is 1. The van der Waals surface area contributed by atoms with Crippen molar-refractivity contribution < 1.29 is 18.3 Å². The lowest BCUT2D eigenvalue weighted by Crippen LogP contribution is -2.43. The molecule has 7 heteroatoms. The SMILES string of the molecule is [C-]#[N+]c1ccc(CC(=O)C(C)(O)CS(=O)(=O)c2ccc(I)cc2)cc1C. The van der Waals surface area contributed by atoms with Gasteiger partial charge in [-0.1, -0.05) is 18.2 Å². The van der Waals surface area contributed by atoms with Crippen LogP contribution in [0.2, 0.25) is 0 Å². The highest BCUT2D eigenvalue weighted by atomic mass is 127. The monoisotopic (exact) mass is 483 g/mol. The topological polar surface area (TPSA) is 75.8 Å². The van der Waals surface area contributed by atoms with Crippen molar-refractivity contribution in [1.29, 1.82) is 0 Å². The first-order chi connectivity index (χ1) is 12.0. The van der Waals surface area contributed by atoms with Crippen LogP contribution in [-0.4, -0.2) is 30.7 Å². The van der Waals surface area contributed by atoms with Crippen LogP contribution in [0.1, 0.15) is 18.1 Å². The molecule has 0 aliphatic heterocycles. The van der Waals surface area contributed by atoms with Gasteiger partial charge in [-0.15, -0.1) is 0 Å². The molecule has 136 valence electrons. The average Bonchev–Trinajstić information content (AvgIpc) is 2.54. The molecule has 1 atom stereocenters. The van der Waals surface area contributed by atoms with Crippen LogP contribution < -0.4 is 0 Å². The van der Waals surface area contributed by atoms with Gasteiger partial charge in [0.25, 0.3) is 0 Å². The minimum Gasteiger partial charge on any atom is -0.381 e. The molecule has 0 aromatic heterocycles. The van der Waals surface area contributed by atoms with Crippen molar-refractivity contribution in [2.45, 2.75) is 30.8 Å². The smallest absolute Gasteiger partial charge is 0.190 e. The van der Waals surface area contributed by atoms with Gasteiger partial charge in [0.15, 0.2) is 21.3 Å². The maximum Gasteiger partial charge on any atom is 0.190 e. The minimum absolute atomic E-state index is 0.0724. The largest absolute Gasteiger partial charge is 0.381 e. The highest BCUT2D eigenvalue weighted by Crippen LogP contribution is 2.23. The van der Waals surface area contributed by atoms with Gasteiger partial charge in [-0.3, -0.25) is 4.79 Å². The Balaban J connectivity index is 2.18. The van der Waals surface area contributed by atoms with Crippen LogP contribution in [0.5, 0.6) is 0 Å². The lowest BCUT2D eigenvalue weighted by atomic mass is 9.96. The summed E-state index contributed by atoms with van der Waals surface area (Å²) in [4.78, 5) is 15.9. The maximum atomic E-state index is 12.5. The summed E-state index contributed by atoms with van der Waals surface area (Å²) in [6.45, 7) is 10.0. The Morgan fingerprint density at radius 3 is 2.38 bits per heavy atom. The van der Waals surface area contributed by atoms with Crippen molar-refractivity contribution in [1.82, 2.24) is 0 Å². The summed E-state index contributed by atoms with van der Waals surface area (Å²) in [5, 5.41) is 10.5. The van der Waals surface area contributed by atoms with Gasteiger partial charge >= 0.3 is 0 Å². The zero-order chi connectivity index (χ0) is 19.5. The van der Waals surface area contributed by atoms with Crippen molar-refractivity contribution in [2.75, 3.05) is 5.75 Å². The molecule has 0 fully saturated rings. The molecule has 0 saturated carbocycles. The standard InChI is InChI=1S/C19H18INO4S/c1-13-10-14(4-9-17(13)21-3)11-18(22)19(2,23)12-26(24,25)16-7-5-15(20)6-8-16/h4-10,23H,11-12H2,1-2H3. The highest BCUT2D eigenvalue weighted by Gasteiger charge is 2.36. The Morgan fingerprint density at radius 1 is 1.23 bits per heavy atom. The van der Waals surface area contributed by atoms with E-state index in [-0.39, 0.29) is 11.3 Å². The molecule has 0 amide bonds. The summed E-state index contributed by atoms with van der Waals surface area (Å²) >= 11 is 2.07. The normalized spacial score (nSPS) is 13.7. The molecule has 26 heavy (non-hydrogen) atoms. The minimum atomic E-state index is -3.80. The van der Waals surface area contributed by atoms with Crippen LogP contribution in [0.3, 0.4) is 0 Å². The molecule has 0 aliphatic rings. The lowest BCUT2D eigenvalue weighted by Gasteiger charge is -2.22. The second-order valence-electron chi connectivity index (χ2n) is 6.32. The zero-order valence-electron chi connectivity index (χ0n) is 14.4. The van der Waals surface area contributed by atoms with Gasteiger partial charge in [-0.25, -0.2) is 13.3 Å². The summed E-state index contributed by atoms with van der Waals surface area (Å²) in [5.41, 5.74) is -0.147. The number of benzene rings is 2. The molecule has 0 bridgehead atoms. The number of hydrogen-bond acceptors (Lipinski definition) is 4. The fraction of sp³-hybridized carbons (Fsp3) is 0.263. The number of aryl methyl sites for hydroxylation is 1. The first-order valence-corrected chi connectivity index (χ1v) is 10.5. The molecule has 0 aliphatic carbocycles. The molecule has 2 rings (SSSR count). The number of hydrogen-bond donors (Lipinski definition) is 1. The second kappa shape index (κ2) is 7.86. The van der Waals surface area contributed by atoms with Gasteiger partial charge in [0, 0.05) is 9.99 Å². The van der Waals surface area contributed by atoms with Gasteiger partial charge in [0.1, 0.15) is 5.60 Å². The predicted octanol–water partition coefficient (Wildman–Crippen LogP) is 3.49. The van der Waals surface area contributed by atoms with E-state index in [2.05, 4.69) is 27.4 Å². The van der Waals surface area contributed by atoms with Crippen molar-refractivity contribution in [3.63, 3.8) is 0 Å². The Morgan fingerprint density at radius 2 is 1.85 bits per heavy atom. The van der Waals surface area contributed by atoms with Crippen LogP contribution >= 0.6 is 22.6 Å². The number of carbonyl (C=O) groups is 1. The van der Waals surface area contributed by atoms with Gasteiger partial charge in [-0.05, 0) is 71.8 Å². The number of nitrogens with zero attached hydrogens (tertiary/aromatic N) is 1. The summed E-state index contributed by atoms with van der Waals surface area (Å²) in [7, 11) is -3.80. The zero-order valence-corrected chi connectivity index (χ0v) is 17.3. The fourth-order valence-electron chi connectivity index (χ4n) is 2.50. The summed E-state index contributed by atoms with van der Waals surface area (Å²) < 4.78 is 25.9. The lowest BCUT2D eigenvalue weighted by molar-refractivity contribution is -0.133. The van der Waals surface area contributed by atoms with E-state index in [1.165, 1.54) is 19.1 Å². The Hall–Kier alpha value is -1.76. The van der Waals surface area contributed by atoms with Gasteiger partial charge < -0.3 is 5.11 Å². The summed E-state index contributed by atoms with van der Waals surface area (Å²) in [6, 6.07) is 11.2. The van der Waals surface area contributed by atoms with E-state index in [0.717, 1.165) is 9.13 Å². The molecule has 0 heterocycles. The predicted molar refractivity (Wildman–Crippen MR) is 108 cm³/mol. The molecule has 2 aromatic rings. The van der Waals surface area contributed by atoms with Crippen molar-refractivity contribution in [2.24, 2.45) is 0 Å². The van der Waals surface area contributed by atoms with Crippen LogP contribution in [-0.2, 0) is 21.1 Å². The number of aliphatic hydroxyl groups is 1. The quantitative estimate of drug-likeness (QED) is 0.505. The van der Waals surface area contributed by atoms with Crippen LogP contribution in [0.25, 0.3) is 4.85 Å². The Labute approximate surface area is 166 Å². The Kier molecular flexibility index (Phi) is 6.21. The number of sulfone groups is 1. The molecule has 1 unspecified atom stereocenters. The number of Topliss-reactive ketones (excluding diaryl/α,β-unsaturated/α-hetero) is 1. The highest BCUT2D eigenvalue weighted by molar-refractivity contribution is 14.1. The third kappa shape index (κ3) is 4.90. The third-order valence-corrected chi connectivity index (χ3v) is 6.64. The fourth-order valence-corrected chi connectivity index (χ4v) is 4.48. The van der Waals surface area contributed by atoms with E-state index in [1.807, 2.05) is 0 Å². The van der Waals surface area contributed by atoms with E-state index < -0.39 is 27.0 Å². The Bertz CT molecular complexity index is 974. The van der Waals surface area contributed by atoms with Crippen LogP contribution in [0, 0.1) is 17.1 Å². The molecule has 0 spiro atoms. The van der Waals surface area contributed by atoms with Crippen molar-refractivity contribution in [3.8, 4) is 0 Å². The third-order valence-electron chi connectivity index (χ3n) is 3.99. The molecular formula is C19H18INO4S. The van der Waals surface area contributed by atoms with E-state index in [9.17, 15) is 18.3 Å². The molecule has 0 saturated heterocycles. The second-order valence-corrected chi connectivity index (χ2v) is 9.55. The molecule has 0 radical (unpaired) electrons. The van der Waals surface area contributed by atoms with Crippen molar-refractivity contribution in [3.05, 3.63) is 68.6 Å². The van der Waals surface area contributed by atoms with Crippen molar-refractivity contribution >= 4 is 43.9 Å². The molecule has 1 N–H and O–H groups in total. The van der Waals surface area contributed by atoms with E-state index >= 15 is 0 Å². The van der Waals surface area contributed by atoms with E-state index in [4.69, 9.17) is 6.57 Å². The first-order valence-electron chi connectivity index (χ1n) is 7.76. The van der Waals surface area contributed by atoms with E-state index in [0.29, 0.717) is 11.3 Å². The first kappa shape index (κ1) is 20.6. The van der Waals surface area contributed by atoms with Gasteiger partial charge in [0.2, 0.25) is 0 Å². The van der Waals surface area contributed by atoms with Gasteiger partial charge in [-0.2, -0.15) is 0 Å².